The molecule has 0 atom stereocenters. The summed E-state index contributed by atoms with van der Waals surface area (Å²) in [5.41, 5.74) is 1.04. The van der Waals surface area contributed by atoms with E-state index in [9.17, 15) is 14.0 Å². The average molecular weight is 427 g/mol. The molecule has 0 aliphatic heterocycles. The van der Waals surface area contributed by atoms with Gasteiger partial charge < -0.3 is 9.88 Å². The van der Waals surface area contributed by atoms with Gasteiger partial charge >= 0.3 is 0 Å². The lowest BCUT2D eigenvalue weighted by atomic mass is 9.95. The molecule has 6 nitrogen and oxygen atoms in total. The topological polar surface area (TPSA) is 76.9 Å². The highest BCUT2D eigenvalue weighted by Crippen LogP contribution is 2.25. The predicted octanol–water partition coefficient (Wildman–Crippen LogP) is 4.58. The van der Waals surface area contributed by atoms with Gasteiger partial charge in [-0.05, 0) is 36.4 Å². The Morgan fingerprint density at radius 1 is 1.07 bits per heavy atom. The Morgan fingerprint density at radius 2 is 1.73 bits per heavy atom. The smallest absolute Gasteiger partial charge is 0.229 e. The number of Topliss-reactive ketones (excluding diaryl/α,β-unsaturated/α-hetero) is 1. The van der Waals surface area contributed by atoms with Crippen LogP contribution in [0.15, 0.2) is 53.7 Å². The van der Waals surface area contributed by atoms with Crippen molar-refractivity contribution < 1.29 is 14.0 Å². The number of halogens is 1. The second-order valence-electron chi connectivity index (χ2n) is 7.84. The standard InChI is InChI=1S/C22H23FN4O2S/c1-22(2,3)20(29)24-15-11-9-14(10-12-15)18(28)13-30-21-26-25-19(27(21)4)16-7-5-6-8-17(16)23/h5-12H,13H2,1-4H3,(H,24,29). The van der Waals surface area contributed by atoms with Crippen molar-refractivity contribution >= 4 is 29.1 Å². The fourth-order valence-electron chi connectivity index (χ4n) is 2.59. The van der Waals surface area contributed by atoms with Crippen molar-refractivity contribution in [3.63, 3.8) is 0 Å². The molecule has 30 heavy (non-hydrogen) atoms. The zero-order valence-electron chi connectivity index (χ0n) is 17.3. The molecule has 0 unspecified atom stereocenters. The van der Waals surface area contributed by atoms with Crippen LogP contribution in [0.2, 0.25) is 0 Å². The number of aromatic nitrogens is 3. The third-order valence-corrected chi connectivity index (χ3v) is 5.45. The third kappa shape index (κ3) is 4.94. The summed E-state index contributed by atoms with van der Waals surface area (Å²) in [4.78, 5) is 24.6. The molecule has 0 aliphatic carbocycles. The van der Waals surface area contributed by atoms with Gasteiger partial charge in [-0.2, -0.15) is 0 Å². The van der Waals surface area contributed by atoms with Crippen LogP contribution in [-0.2, 0) is 11.8 Å². The van der Waals surface area contributed by atoms with Crippen LogP contribution in [0, 0.1) is 11.2 Å². The second-order valence-corrected chi connectivity index (χ2v) is 8.78. The van der Waals surface area contributed by atoms with E-state index in [0.717, 1.165) is 0 Å². The van der Waals surface area contributed by atoms with Gasteiger partial charge in [0.2, 0.25) is 5.91 Å². The van der Waals surface area contributed by atoms with Crippen molar-refractivity contribution in [2.45, 2.75) is 25.9 Å². The summed E-state index contributed by atoms with van der Waals surface area (Å²) in [6.45, 7) is 5.50. The predicted molar refractivity (Wildman–Crippen MR) is 116 cm³/mol. The Bertz CT molecular complexity index is 1070. The number of hydrogen-bond donors (Lipinski definition) is 1. The van der Waals surface area contributed by atoms with Crippen LogP contribution >= 0.6 is 11.8 Å². The van der Waals surface area contributed by atoms with Gasteiger partial charge in [0.1, 0.15) is 5.82 Å². The minimum absolute atomic E-state index is 0.0795. The van der Waals surface area contributed by atoms with Gasteiger partial charge in [-0.1, -0.05) is 44.7 Å². The zero-order chi connectivity index (χ0) is 21.9. The molecular formula is C22H23FN4O2S. The molecular weight excluding hydrogens is 403 g/mol. The number of anilines is 1. The Morgan fingerprint density at radius 3 is 2.37 bits per heavy atom. The van der Waals surface area contributed by atoms with E-state index in [1.807, 2.05) is 20.8 Å². The monoisotopic (exact) mass is 426 g/mol. The summed E-state index contributed by atoms with van der Waals surface area (Å²) in [6.07, 6.45) is 0. The van der Waals surface area contributed by atoms with E-state index in [4.69, 9.17) is 0 Å². The van der Waals surface area contributed by atoms with Gasteiger partial charge in [-0.3, -0.25) is 9.59 Å². The summed E-state index contributed by atoms with van der Waals surface area (Å²) in [7, 11) is 1.74. The van der Waals surface area contributed by atoms with Crippen LogP contribution < -0.4 is 5.32 Å². The molecule has 0 spiro atoms. The minimum atomic E-state index is -0.497. The van der Waals surface area contributed by atoms with E-state index in [0.29, 0.717) is 27.8 Å². The number of hydrogen-bond acceptors (Lipinski definition) is 5. The molecule has 3 aromatic rings. The number of ketones is 1. The number of rotatable bonds is 6. The fraction of sp³-hybridized carbons (Fsp3) is 0.273. The molecule has 2 aromatic carbocycles. The average Bonchev–Trinajstić information content (AvgIpc) is 3.06. The van der Waals surface area contributed by atoms with Crippen molar-refractivity contribution in [1.82, 2.24) is 14.8 Å². The Balaban J connectivity index is 1.64. The van der Waals surface area contributed by atoms with Crippen LogP contribution in [0.1, 0.15) is 31.1 Å². The van der Waals surface area contributed by atoms with E-state index in [1.165, 1.54) is 17.8 Å². The highest BCUT2D eigenvalue weighted by Gasteiger charge is 2.21. The maximum absolute atomic E-state index is 14.0. The van der Waals surface area contributed by atoms with Crippen LogP contribution in [0.4, 0.5) is 10.1 Å². The highest BCUT2D eigenvalue weighted by molar-refractivity contribution is 7.99. The van der Waals surface area contributed by atoms with Crippen molar-refractivity contribution in [2.24, 2.45) is 12.5 Å². The first-order valence-electron chi connectivity index (χ1n) is 9.38. The molecule has 1 amide bonds. The second kappa shape index (κ2) is 8.79. The van der Waals surface area contributed by atoms with E-state index in [2.05, 4.69) is 15.5 Å². The maximum atomic E-state index is 14.0. The maximum Gasteiger partial charge on any atom is 0.229 e. The molecule has 0 bridgehead atoms. The first-order chi connectivity index (χ1) is 14.2. The number of nitrogens with one attached hydrogen (secondary N) is 1. The van der Waals surface area contributed by atoms with Gasteiger partial charge in [-0.25, -0.2) is 4.39 Å². The first-order valence-corrected chi connectivity index (χ1v) is 10.4. The molecule has 1 aromatic heterocycles. The fourth-order valence-corrected chi connectivity index (χ4v) is 3.39. The summed E-state index contributed by atoms with van der Waals surface area (Å²) < 4.78 is 15.7. The molecule has 8 heteroatoms. The van der Waals surface area contributed by atoms with Gasteiger partial charge in [0.05, 0.1) is 11.3 Å². The van der Waals surface area contributed by atoms with Gasteiger partial charge in [0.15, 0.2) is 16.8 Å². The number of nitrogens with zero attached hydrogens (tertiary/aromatic N) is 3. The first kappa shape index (κ1) is 21.7. The number of carbonyl (C=O) groups is 2. The molecule has 3 rings (SSSR count). The van der Waals surface area contributed by atoms with Crippen molar-refractivity contribution in [3.05, 3.63) is 59.9 Å². The van der Waals surface area contributed by atoms with E-state index >= 15 is 0 Å². The minimum Gasteiger partial charge on any atom is -0.326 e. The number of benzene rings is 2. The van der Waals surface area contributed by atoms with E-state index < -0.39 is 5.41 Å². The molecule has 156 valence electrons. The normalized spacial score (nSPS) is 11.4. The summed E-state index contributed by atoms with van der Waals surface area (Å²) in [5.74, 6) is 0.0205. The number of carbonyl (C=O) groups excluding carboxylic acids is 2. The molecule has 1 N–H and O–H groups in total. The Hall–Kier alpha value is -3.00. The lowest BCUT2D eigenvalue weighted by molar-refractivity contribution is -0.123. The quantitative estimate of drug-likeness (QED) is 0.461. The van der Waals surface area contributed by atoms with Crippen molar-refractivity contribution in [1.29, 1.82) is 0 Å². The highest BCUT2D eigenvalue weighted by atomic mass is 32.2. The lowest BCUT2D eigenvalue weighted by Crippen LogP contribution is -2.27. The lowest BCUT2D eigenvalue weighted by Gasteiger charge is -2.17. The molecule has 0 saturated heterocycles. The molecule has 0 radical (unpaired) electrons. The van der Waals surface area contributed by atoms with Crippen LogP contribution in [0.5, 0.6) is 0 Å². The largest absolute Gasteiger partial charge is 0.326 e. The summed E-state index contributed by atoms with van der Waals surface area (Å²) >= 11 is 1.24. The van der Waals surface area contributed by atoms with Gasteiger partial charge in [0, 0.05) is 23.7 Å². The molecule has 0 aliphatic rings. The van der Waals surface area contributed by atoms with E-state index in [-0.39, 0.29) is 23.3 Å². The number of thioether (sulfide) groups is 1. The van der Waals surface area contributed by atoms with Crippen molar-refractivity contribution in [2.75, 3.05) is 11.1 Å². The van der Waals surface area contributed by atoms with Gasteiger partial charge in [0.25, 0.3) is 0 Å². The molecule has 0 fully saturated rings. The SMILES string of the molecule is Cn1c(SCC(=O)c2ccc(NC(=O)C(C)(C)C)cc2)nnc1-c1ccccc1F. The van der Waals surface area contributed by atoms with Gasteiger partial charge in [-0.15, -0.1) is 10.2 Å². The molecule has 1 heterocycles. The zero-order valence-corrected chi connectivity index (χ0v) is 18.1. The summed E-state index contributed by atoms with van der Waals surface area (Å²) in [5, 5.41) is 11.5. The van der Waals surface area contributed by atoms with Crippen LogP contribution in [0.25, 0.3) is 11.4 Å². The number of amides is 1. The van der Waals surface area contributed by atoms with Crippen LogP contribution in [0.3, 0.4) is 0 Å². The third-order valence-electron chi connectivity index (χ3n) is 4.43. The Labute approximate surface area is 178 Å². The summed E-state index contributed by atoms with van der Waals surface area (Å²) in [6, 6.07) is 13.1. The van der Waals surface area contributed by atoms with E-state index in [1.54, 1.807) is 54.1 Å². The Kier molecular flexibility index (Phi) is 6.36. The van der Waals surface area contributed by atoms with Crippen LogP contribution in [-0.4, -0.2) is 32.2 Å². The van der Waals surface area contributed by atoms with Crippen molar-refractivity contribution in [3.8, 4) is 11.4 Å². The molecule has 0 saturated carbocycles.